The van der Waals surface area contributed by atoms with Gasteiger partial charge in [-0.2, -0.15) is 18.4 Å². The summed E-state index contributed by atoms with van der Waals surface area (Å²) in [5.41, 5.74) is -2.06. The second-order valence-electron chi connectivity index (χ2n) is 14.0. The molecule has 2 unspecified atom stereocenters. The Morgan fingerprint density at radius 1 is 1.20 bits per heavy atom. The van der Waals surface area contributed by atoms with Gasteiger partial charge in [-0.05, 0) is 42.9 Å². The van der Waals surface area contributed by atoms with Crippen molar-refractivity contribution < 1.29 is 37.1 Å². The van der Waals surface area contributed by atoms with Crippen molar-refractivity contribution in [3.63, 3.8) is 0 Å². The van der Waals surface area contributed by atoms with Gasteiger partial charge in [0, 0.05) is 28.8 Å². The number of hydrogen-bond donors (Lipinski definition) is 3. The molecule has 3 N–H and O–H groups in total. The van der Waals surface area contributed by atoms with Crippen molar-refractivity contribution in [3.8, 4) is 6.07 Å². The third-order valence-electron chi connectivity index (χ3n) is 10.3. The summed E-state index contributed by atoms with van der Waals surface area (Å²) in [4.78, 5) is 53.7. The summed E-state index contributed by atoms with van der Waals surface area (Å²) in [6.45, 7) is 7.48. The van der Waals surface area contributed by atoms with Crippen molar-refractivity contribution in [2.24, 2.45) is 27.6 Å². The first kappa shape index (κ1) is 28.5. The molecule has 10 nitrogen and oxygen atoms in total. The second-order valence-corrected chi connectivity index (χ2v) is 14.0. The molecular weight excluding hydrogens is 531 g/mol. The van der Waals surface area contributed by atoms with E-state index in [0.717, 1.165) is 19.3 Å². The molecule has 0 aromatic heterocycles. The Morgan fingerprint density at radius 2 is 1.85 bits per heavy atom. The number of halogens is 3. The highest BCUT2D eigenvalue weighted by atomic mass is 19.4. The van der Waals surface area contributed by atoms with Crippen LogP contribution in [0.2, 0.25) is 0 Å². The van der Waals surface area contributed by atoms with Crippen LogP contribution in [-0.4, -0.2) is 71.7 Å². The Balaban J connectivity index is 1.32. The fourth-order valence-electron chi connectivity index (χ4n) is 7.73. The van der Waals surface area contributed by atoms with Gasteiger partial charge in [-0.3, -0.25) is 14.4 Å². The van der Waals surface area contributed by atoms with Crippen molar-refractivity contribution in [2.45, 2.75) is 96.6 Å². The lowest BCUT2D eigenvalue weighted by Gasteiger charge is -2.42. The van der Waals surface area contributed by atoms with Crippen LogP contribution in [-0.2, 0) is 19.1 Å². The van der Waals surface area contributed by atoms with E-state index in [-0.39, 0.29) is 41.2 Å². The van der Waals surface area contributed by atoms with Crippen LogP contribution in [0.4, 0.5) is 18.0 Å². The summed E-state index contributed by atoms with van der Waals surface area (Å²) in [5, 5.41) is 17.9. The molecule has 5 rings (SSSR count). The summed E-state index contributed by atoms with van der Waals surface area (Å²) >= 11 is 0. The zero-order valence-corrected chi connectivity index (χ0v) is 23.3. The smallest absolute Gasteiger partial charge is 0.422 e. The molecule has 13 heteroatoms. The number of nitriles is 1. The Morgan fingerprint density at radius 3 is 2.35 bits per heavy atom. The molecule has 6 atom stereocenters. The van der Waals surface area contributed by atoms with Crippen molar-refractivity contribution in [1.29, 1.82) is 5.26 Å². The molecule has 4 amide bonds. The third-order valence-corrected chi connectivity index (χ3v) is 10.3. The maximum absolute atomic E-state index is 13.9. The van der Waals surface area contributed by atoms with Gasteiger partial charge in [0.15, 0.2) is 6.61 Å². The first-order valence-corrected chi connectivity index (χ1v) is 13.7. The van der Waals surface area contributed by atoms with Crippen molar-refractivity contribution in [1.82, 2.24) is 20.9 Å². The minimum absolute atomic E-state index is 0.121. The highest BCUT2D eigenvalue weighted by Gasteiger charge is 3.02. The number of hydrogen-bond acceptors (Lipinski definition) is 6. The number of carbonyl (C=O) groups is 4. The summed E-state index contributed by atoms with van der Waals surface area (Å²) in [5.74, 6) is -1.61. The molecule has 1 spiro atoms. The van der Waals surface area contributed by atoms with Crippen molar-refractivity contribution in [3.05, 3.63) is 0 Å². The maximum Gasteiger partial charge on any atom is 0.422 e. The number of carbonyl (C=O) groups excluding carboxylic acids is 4. The number of nitrogens with zero attached hydrogens (tertiary/aromatic N) is 2. The first-order valence-electron chi connectivity index (χ1n) is 13.7. The summed E-state index contributed by atoms with van der Waals surface area (Å²) in [6, 6.07) is -1.03. The molecule has 0 bridgehead atoms. The number of ether oxygens (including phenoxy) is 1. The third kappa shape index (κ3) is 4.20. The van der Waals surface area contributed by atoms with Gasteiger partial charge < -0.3 is 25.6 Å². The molecule has 3 aliphatic carbocycles. The Bertz CT molecular complexity index is 1200. The van der Waals surface area contributed by atoms with Gasteiger partial charge >= 0.3 is 12.3 Å². The molecule has 3 saturated carbocycles. The number of piperidine rings is 2. The van der Waals surface area contributed by atoms with E-state index in [9.17, 15) is 37.6 Å². The molecule has 2 aliphatic heterocycles. The number of rotatable bonds is 7. The molecule has 0 radical (unpaired) electrons. The molecule has 0 aromatic carbocycles. The summed E-state index contributed by atoms with van der Waals surface area (Å²) in [7, 11) is 0. The van der Waals surface area contributed by atoms with Crippen LogP contribution in [0.1, 0.15) is 66.7 Å². The first-order chi connectivity index (χ1) is 18.3. The molecule has 220 valence electrons. The largest absolute Gasteiger partial charge is 0.440 e. The van der Waals surface area contributed by atoms with E-state index in [4.69, 9.17) is 0 Å². The zero-order valence-electron chi connectivity index (χ0n) is 23.3. The second kappa shape index (κ2) is 8.49. The van der Waals surface area contributed by atoms with Crippen molar-refractivity contribution in [2.75, 3.05) is 13.2 Å². The number of nitrogens with one attached hydrogen (secondary N) is 3. The van der Waals surface area contributed by atoms with Crippen LogP contribution < -0.4 is 16.0 Å². The number of alkyl halides is 3. The Hall–Kier alpha value is -3.04. The van der Waals surface area contributed by atoms with Crippen LogP contribution in [0.15, 0.2) is 0 Å². The van der Waals surface area contributed by atoms with Crippen molar-refractivity contribution >= 4 is 23.8 Å². The van der Waals surface area contributed by atoms with E-state index in [1.54, 1.807) is 20.8 Å². The average molecular weight is 568 g/mol. The number of amides is 4. The van der Waals surface area contributed by atoms with E-state index >= 15 is 0 Å². The van der Waals surface area contributed by atoms with Crippen LogP contribution in [0.5, 0.6) is 0 Å². The van der Waals surface area contributed by atoms with E-state index < -0.39 is 59.6 Å². The van der Waals surface area contributed by atoms with E-state index in [1.807, 2.05) is 13.8 Å². The Labute approximate surface area is 230 Å². The standard InChI is InChI=1S/C27H36F3N5O5/c1-22(2,3)16(33-21(39)40-13-27(28,29)30)20(38)35-12-25-11-26(25,23(25,4)5)17(35)19(37)32-15(10-31)8-14-9-24(6-7-24)34-18(14)36/h14-17H,6-9,11-13H2,1-5H3,(H,32,37)(H,33,39)(H,34,36)/t14-,15+,16-,17-,25?,26?/m1/s1. The van der Waals surface area contributed by atoms with E-state index in [0.29, 0.717) is 6.42 Å². The molecule has 40 heavy (non-hydrogen) atoms. The predicted octanol–water partition coefficient (Wildman–Crippen LogP) is 2.38. The summed E-state index contributed by atoms with van der Waals surface area (Å²) < 4.78 is 41.9. The molecular formula is C27H36F3N5O5. The average Bonchev–Trinajstić information content (AvgIpc) is 3.74. The lowest BCUT2D eigenvalue weighted by atomic mass is 9.79. The lowest BCUT2D eigenvalue weighted by Crippen LogP contribution is -2.62. The van der Waals surface area contributed by atoms with Gasteiger partial charge in [0.25, 0.3) is 0 Å². The van der Waals surface area contributed by atoms with Crippen LogP contribution in [0, 0.1) is 38.9 Å². The quantitative estimate of drug-likeness (QED) is 0.432. The van der Waals surface area contributed by atoms with Gasteiger partial charge in [0.1, 0.15) is 18.1 Å². The lowest BCUT2D eigenvalue weighted by molar-refractivity contribution is -0.161. The van der Waals surface area contributed by atoms with Gasteiger partial charge in [-0.25, -0.2) is 4.79 Å². The summed E-state index contributed by atoms with van der Waals surface area (Å²) in [6.07, 6.45) is -2.77. The number of likely N-dealkylation sites (tertiary alicyclic amines) is 1. The maximum atomic E-state index is 13.9. The fourth-order valence-corrected chi connectivity index (χ4v) is 7.73. The van der Waals surface area contributed by atoms with Gasteiger partial charge in [-0.1, -0.05) is 34.6 Å². The van der Waals surface area contributed by atoms with Crippen LogP contribution >= 0.6 is 0 Å². The SMILES string of the molecule is CC(C)(C)[C@H](NC(=O)OCC(F)(F)F)C(=O)N1CC23CC2([C@H]1C(=O)N[C@H](C#N)C[C@@H]1CC2(CC2)NC1=O)C3(C)C. The molecule has 5 fully saturated rings. The Kier molecular flexibility index (Phi) is 6.04. The van der Waals surface area contributed by atoms with E-state index in [1.165, 1.54) is 4.90 Å². The van der Waals surface area contributed by atoms with Gasteiger partial charge in [0.05, 0.1) is 6.07 Å². The molecule has 5 aliphatic rings. The normalized spacial score (nSPS) is 33.6. The van der Waals surface area contributed by atoms with Gasteiger partial charge in [-0.15, -0.1) is 0 Å². The molecule has 0 aromatic rings. The minimum Gasteiger partial charge on any atom is -0.440 e. The molecule has 2 heterocycles. The van der Waals surface area contributed by atoms with Crippen LogP contribution in [0.25, 0.3) is 0 Å². The minimum atomic E-state index is -4.72. The fraction of sp³-hybridized carbons (Fsp3) is 0.815. The zero-order chi connectivity index (χ0) is 29.7. The monoisotopic (exact) mass is 567 g/mol. The topological polar surface area (TPSA) is 141 Å². The van der Waals surface area contributed by atoms with Gasteiger partial charge in [0.2, 0.25) is 17.7 Å². The van der Waals surface area contributed by atoms with E-state index in [2.05, 4.69) is 26.8 Å². The van der Waals surface area contributed by atoms with Crippen LogP contribution in [0.3, 0.4) is 0 Å². The highest BCUT2D eigenvalue weighted by molar-refractivity contribution is 5.96. The highest BCUT2D eigenvalue weighted by Crippen LogP contribution is 3.00. The molecule has 2 saturated heterocycles. The number of alkyl carbamates (subject to hydrolysis) is 1. The predicted molar refractivity (Wildman–Crippen MR) is 133 cm³/mol.